The topological polar surface area (TPSA) is 76.5 Å². The molecular formula is C20H20N4O3. The van der Waals surface area contributed by atoms with E-state index < -0.39 is 0 Å². The number of amides is 2. The minimum Gasteiger partial charge on any atom is -0.482 e. The van der Waals surface area contributed by atoms with Gasteiger partial charge in [-0.2, -0.15) is 0 Å². The van der Waals surface area contributed by atoms with Crippen LogP contribution in [-0.2, 0) is 23.2 Å². The average Bonchev–Trinajstić information content (AvgIpc) is 3.01. The van der Waals surface area contributed by atoms with Crippen LogP contribution in [0.4, 0.5) is 5.69 Å². The first-order valence-corrected chi connectivity index (χ1v) is 8.83. The highest BCUT2D eigenvalue weighted by Crippen LogP contribution is 2.31. The third-order valence-corrected chi connectivity index (χ3v) is 4.69. The molecule has 138 valence electrons. The van der Waals surface area contributed by atoms with Gasteiger partial charge in [-0.05, 0) is 24.3 Å². The zero-order valence-electron chi connectivity index (χ0n) is 15.0. The van der Waals surface area contributed by atoms with E-state index in [1.165, 1.54) is 0 Å². The number of para-hydroxylation sites is 4. The van der Waals surface area contributed by atoms with Crippen LogP contribution in [0.1, 0.15) is 12.2 Å². The first-order valence-electron chi connectivity index (χ1n) is 8.83. The molecule has 2 aromatic carbocycles. The number of nitrogens with zero attached hydrogens (tertiary/aromatic N) is 3. The van der Waals surface area contributed by atoms with Crippen molar-refractivity contribution in [3.63, 3.8) is 0 Å². The zero-order chi connectivity index (χ0) is 18.8. The van der Waals surface area contributed by atoms with Gasteiger partial charge >= 0.3 is 0 Å². The molecule has 1 aliphatic heterocycles. The molecule has 2 heterocycles. The van der Waals surface area contributed by atoms with E-state index in [1.54, 1.807) is 4.90 Å². The molecular weight excluding hydrogens is 344 g/mol. The summed E-state index contributed by atoms with van der Waals surface area (Å²) in [5, 5.41) is 2.89. The summed E-state index contributed by atoms with van der Waals surface area (Å²) in [4.78, 5) is 30.6. The van der Waals surface area contributed by atoms with Crippen LogP contribution in [0.25, 0.3) is 11.0 Å². The molecule has 3 aromatic rings. The summed E-state index contributed by atoms with van der Waals surface area (Å²) in [6, 6.07) is 15.2. The maximum Gasteiger partial charge on any atom is 0.265 e. The highest BCUT2D eigenvalue weighted by Gasteiger charge is 2.25. The largest absolute Gasteiger partial charge is 0.482 e. The summed E-state index contributed by atoms with van der Waals surface area (Å²) in [6.07, 6.45) is 0.212. The number of anilines is 1. The highest BCUT2D eigenvalue weighted by atomic mass is 16.5. The van der Waals surface area contributed by atoms with E-state index in [9.17, 15) is 9.59 Å². The Balaban J connectivity index is 1.37. The fourth-order valence-electron chi connectivity index (χ4n) is 3.23. The van der Waals surface area contributed by atoms with Crippen LogP contribution in [-0.4, -0.2) is 34.5 Å². The van der Waals surface area contributed by atoms with E-state index in [0.717, 1.165) is 16.9 Å². The Bertz CT molecular complexity index is 1010. The van der Waals surface area contributed by atoms with Crippen LogP contribution in [0, 0.1) is 0 Å². The summed E-state index contributed by atoms with van der Waals surface area (Å²) < 4.78 is 7.39. The van der Waals surface area contributed by atoms with Crippen molar-refractivity contribution in [3.05, 3.63) is 54.4 Å². The number of carbonyl (C=O) groups excluding carboxylic acids is 2. The molecule has 0 atom stereocenters. The molecule has 0 aliphatic carbocycles. The number of hydrogen-bond donors (Lipinski definition) is 1. The van der Waals surface area contributed by atoms with Crippen LogP contribution in [0.2, 0.25) is 0 Å². The predicted molar refractivity (Wildman–Crippen MR) is 101 cm³/mol. The monoisotopic (exact) mass is 364 g/mol. The van der Waals surface area contributed by atoms with Crippen molar-refractivity contribution in [2.45, 2.75) is 13.0 Å². The SMILES string of the molecule is Cn1c(CNC(=O)CCN2C(=O)COc3ccccc32)nc2ccccc21. The number of carbonyl (C=O) groups is 2. The normalized spacial score (nSPS) is 13.4. The Kier molecular flexibility index (Phi) is 4.50. The number of ether oxygens (including phenoxy) is 1. The van der Waals surface area contributed by atoms with Gasteiger partial charge in [-0.25, -0.2) is 4.98 Å². The van der Waals surface area contributed by atoms with E-state index in [4.69, 9.17) is 4.74 Å². The van der Waals surface area contributed by atoms with Crippen LogP contribution in [0.3, 0.4) is 0 Å². The van der Waals surface area contributed by atoms with Gasteiger partial charge in [-0.15, -0.1) is 0 Å². The Morgan fingerprint density at radius 2 is 1.96 bits per heavy atom. The maximum absolute atomic E-state index is 12.3. The molecule has 0 fully saturated rings. The van der Waals surface area contributed by atoms with Gasteiger partial charge in [0.25, 0.3) is 5.91 Å². The molecule has 0 radical (unpaired) electrons. The molecule has 1 aliphatic rings. The Morgan fingerprint density at radius 1 is 1.19 bits per heavy atom. The third kappa shape index (κ3) is 3.36. The van der Waals surface area contributed by atoms with Gasteiger partial charge in [-0.3, -0.25) is 9.59 Å². The van der Waals surface area contributed by atoms with Gasteiger partial charge in [0.15, 0.2) is 6.61 Å². The zero-order valence-corrected chi connectivity index (χ0v) is 15.0. The first-order chi connectivity index (χ1) is 13.1. The van der Waals surface area contributed by atoms with Gasteiger partial charge in [-0.1, -0.05) is 24.3 Å². The molecule has 0 saturated carbocycles. The average molecular weight is 364 g/mol. The molecule has 7 nitrogen and oxygen atoms in total. The summed E-state index contributed by atoms with van der Waals surface area (Å²) in [5.74, 6) is 1.19. The van der Waals surface area contributed by atoms with Crippen molar-refractivity contribution < 1.29 is 14.3 Å². The van der Waals surface area contributed by atoms with Gasteiger partial charge in [0.1, 0.15) is 11.6 Å². The van der Waals surface area contributed by atoms with Crippen molar-refractivity contribution in [2.24, 2.45) is 7.05 Å². The van der Waals surface area contributed by atoms with Gasteiger partial charge in [0.2, 0.25) is 5.91 Å². The number of benzene rings is 2. The third-order valence-electron chi connectivity index (χ3n) is 4.69. The second kappa shape index (κ2) is 7.11. The number of nitrogens with one attached hydrogen (secondary N) is 1. The molecule has 0 spiro atoms. The summed E-state index contributed by atoms with van der Waals surface area (Å²) >= 11 is 0. The fraction of sp³-hybridized carbons (Fsp3) is 0.250. The second-order valence-corrected chi connectivity index (χ2v) is 6.40. The Labute approximate surface area is 156 Å². The van der Waals surface area contributed by atoms with Gasteiger partial charge in [0, 0.05) is 20.0 Å². The van der Waals surface area contributed by atoms with Crippen molar-refractivity contribution in [3.8, 4) is 5.75 Å². The fourth-order valence-corrected chi connectivity index (χ4v) is 3.23. The van der Waals surface area contributed by atoms with E-state index >= 15 is 0 Å². The quantitative estimate of drug-likeness (QED) is 0.751. The highest BCUT2D eigenvalue weighted by molar-refractivity contribution is 5.98. The van der Waals surface area contributed by atoms with Crippen LogP contribution in [0.5, 0.6) is 5.75 Å². The van der Waals surface area contributed by atoms with Crippen LogP contribution >= 0.6 is 0 Å². The number of fused-ring (bicyclic) bond motifs is 2. The minimum absolute atomic E-state index is 0.00150. The smallest absolute Gasteiger partial charge is 0.265 e. The minimum atomic E-state index is -0.142. The summed E-state index contributed by atoms with van der Waals surface area (Å²) in [7, 11) is 1.93. The predicted octanol–water partition coefficient (Wildman–Crippen LogP) is 2.01. The van der Waals surface area contributed by atoms with Crippen LogP contribution in [0.15, 0.2) is 48.5 Å². The number of imidazole rings is 1. The molecule has 4 rings (SSSR count). The number of hydrogen-bond acceptors (Lipinski definition) is 4. The molecule has 27 heavy (non-hydrogen) atoms. The molecule has 7 heteroatoms. The van der Waals surface area contributed by atoms with Gasteiger partial charge in [0.05, 0.1) is 23.3 Å². The Hall–Kier alpha value is -3.35. The van der Waals surface area contributed by atoms with E-state index in [-0.39, 0.29) is 24.8 Å². The lowest BCUT2D eigenvalue weighted by Gasteiger charge is -2.29. The number of rotatable bonds is 5. The van der Waals surface area contributed by atoms with Crippen molar-refractivity contribution in [2.75, 3.05) is 18.1 Å². The van der Waals surface area contributed by atoms with Crippen LogP contribution < -0.4 is 15.0 Å². The van der Waals surface area contributed by atoms with E-state index in [0.29, 0.717) is 24.5 Å². The number of aromatic nitrogens is 2. The molecule has 1 N–H and O–H groups in total. The molecule has 0 unspecified atom stereocenters. The number of aryl methyl sites for hydroxylation is 1. The maximum atomic E-state index is 12.3. The lowest BCUT2D eigenvalue weighted by molar-refractivity contribution is -0.122. The second-order valence-electron chi connectivity index (χ2n) is 6.40. The summed E-state index contributed by atoms with van der Waals surface area (Å²) in [5.41, 5.74) is 2.63. The molecule has 0 bridgehead atoms. The van der Waals surface area contributed by atoms with E-state index in [2.05, 4.69) is 10.3 Å². The lowest BCUT2D eigenvalue weighted by atomic mass is 10.2. The van der Waals surface area contributed by atoms with Gasteiger partial charge < -0.3 is 19.5 Å². The standard InChI is InChI=1S/C20H20N4O3/c1-23-15-7-3-2-6-14(15)22-18(23)12-21-19(25)10-11-24-16-8-4-5-9-17(16)27-13-20(24)26/h2-9H,10-13H2,1H3,(H,21,25). The van der Waals surface area contributed by atoms with Crippen molar-refractivity contribution in [1.82, 2.24) is 14.9 Å². The first kappa shape index (κ1) is 17.1. The summed E-state index contributed by atoms with van der Waals surface area (Å²) in [6.45, 7) is 0.656. The molecule has 0 saturated heterocycles. The molecule has 2 amide bonds. The molecule has 1 aromatic heterocycles. The van der Waals surface area contributed by atoms with Crippen molar-refractivity contribution >= 4 is 28.5 Å². The Morgan fingerprint density at radius 3 is 2.81 bits per heavy atom. The van der Waals surface area contributed by atoms with Crippen molar-refractivity contribution in [1.29, 1.82) is 0 Å². The lowest BCUT2D eigenvalue weighted by Crippen LogP contribution is -2.41. The van der Waals surface area contributed by atoms with E-state index in [1.807, 2.05) is 60.1 Å².